The summed E-state index contributed by atoms with van der Waals surface area (Å²) >= 11 is 0. The van der Waals surface area contributed by atoms with E-state index in [0.717, 1.165) is 0 Å². The molecule has 3 atom stereocenters. The molecule has 0 aliphatic heterocycles. The topological polar surface area (TPSA) is 60.8 Å². The normalized spacial score (nSPS) is 17.8. The lowest BCUT2D eigenvalue weighted by Gasteiger charge is -2.43. The first-order valence-electron chi connectivity index (χ1n) is 8.05. The van der Waals surface area contributed by atoms with E-state index in [1.165, 1.54) is 0 Å². The maximum atomic E-state index is 12.9. The third-order valence-electron chi connectivity index (χ3n) is 4.17. The van der Waals surface area contributed by atoms with E-state index >= 15 is 0 Å². The molecule has 0 saturated carbocycles. The zero-order valence-electron chi connectivity index (χ0n) is 15.6. The van der Waals surface area contributed by atoms with Gasteiger partial charge in [-0.05, 0) is 40.2 Å². The highest BCUT2D eigenvalue weighted by Crippen LogP contribution is 2.28. The number of carbonyl (C=O) groups excluding carboxylic acids is 1. The van der Waals surface area contributed by atoms with Crippen molar-refractivity contribution in [2.45, 2.75) is 72.6 Å². The van der Waals surface area contributed by atoms with E-state index in [4.69, 9.17) is 5.11 Å². The molecule has 0 aromatic rings. The van der Waals surface area contributed by atoms with E-state index in [1.54, 1.807) is 6.08 Å². The van der Waals surface area contributed by atoms with Gasteiger partial charge in [0.15, 0.2) is 5.78 Å². The molecule has 4 nitrogen and oxygen atoms in total. The predicted octanol–water partition coefficient (Wildman–Crippen LogP) is 2.64. The van der Waals surface area contributed by atoms with E-state index in [2.05, 4.69) is 0 Å². The van der Waals surface area contributed by atoms with E-state index in [0.29, 0.717) is 6.42 Å². The van der Waals surface area contributed by atoms with Crippen LogP contribution in [0.1, 0.15) is 54.9 Å². The van der Waals surface area contributed by atoms with Gasteiger partial charge in [-0.1, -0.05) is 39.8 Å². The summed E-state index contributed by atoms with van der Waals surface area (Å²) in [5.74, 6) is -0.0145. The highest BCUT2D eigenvalue weighted by molar-refractivity contribution is 5.89. The van der Waals surface area contributed by atoms with Crippen LogP contribution in [-0.4, -0.2) is 52.2 Å². The Morgan fingerprint density at radius 2 is 1.64 bits per heavy atom. The Morgan fingerprint density at radius 1 is 1.14 bits per heavy atom. The van der Waals surface area contributed by atoms with E-state index in [9.17, 15) is 9.90 Å². The van der Waals surface area contributed by atoms with Gasteiger partial charge in [0.2, 0.25) is 0 Å². The number of likely N-dealkylation sites (N-methyl/N-ethyl adjacent to an activating group) is 1. The molecule has 0 aromatic carbocycles. The molecule has 0 amide bonds. The minimum atomic E-state index is -0.751. The molecule has 22 heavy (non-hydrogen) atoms. The molecule has 0 aromatic heterocycles. The fraction of sp³-hybridized carbons (Fsp3) is 0.833. The fourth-order valence-corrected chi connectivity index (χ4v) is 2.26. The lowest BCUT2D eigenvalue weighted by atomic mass is 9.79. The molecule has 0 aliphatic carbocycles. The summed E-state index contributed by atoms with van der Waals surface area (Å²) in [6, 6.07) is -0.544. The first kappa shape index (κ1) is 21.3. The molecule has 3 unspecified atom stereocenters. The second-order valence-corrected chi connectivity index (χ2v) is 8.20. The Kier molecular flexibility index (Phi) is 7.96. The van der Waals surface area contributed by atoms with Gasteiger partial charge in [0.1, 0.15) is 0 Å². The highest BCUT2D eigenvalue weighted by atomic mass is 16.3. The van der Waals surface area contributed by atoms with Crippen LogP contribution in [0.2, 0.25) is 0 Å². The van der Waals surface area contributed by atoms with Crippen LogP contribution in [0.5, 0.6) is 0 Å². The first-order chi connectivity index (χ1) is 9.84. The zero-order chi connectivity index (χ0) is 17.7. The molecule has 0 heterocycles. The summed E-state index contributed by atoms with van der Waals surface area (Å²) in [5.41, 5.74) is -0.723. The van der Waals surface area contributed by atoms with E-state index in [-0.39, 0.29) is 23.8 Å². The van der Waals surface area contributed by atoms with Crippen molar-refractivity contribution in [2.75, 3.05) is 13.7 Å². The van der Waals surface area contributed by atoms with Gasteiger partial charge in [0, 0.05) is 11.0 Å². The molecule has 4 heteroatoms. The number of allylic oxidation sites excluding steroid dienone is 1. The molecule has 0 radical (unpaired) electrons. The van der Waals surface area contributed by atoms with Crippen molar-refractivity contribution >= 4 is 5.78 Å². The summed E-state index contributed by atoms with van der Waals surface area (Å²) in [4.78, 5) is 14.8. The predicted molar refractivity (Wildman–Crippen MR) is 91.8 cm³/mol. The van der Waals surface area contributed by atoms with Crippen LogP contribution in [0.4, 0.5) is 0 Å². The Hall–Kier alpha value is -0.710. The number of nitrogens with zero attached hydrogens (tertiary/aromatic N) is 1. The van der Waals surface area contributed by atoms with Crippen LogP contribution in [0, 0.1) is 11.3 Å². The second-order valence-electron chi connectivity index (χ2n) is 8.20. The van der Waals surface area contributed by atoms with Crippen LogP contribution in [0.15, 0.2) is 12.2 Å². The molecule has 0 bridgehead atoms. The average molecular weight is 313 g/mol. The van der Waals surface area contributed by atoms with Gasteiger partial charge in [-0.25, -0.2) is 0 Å². The van der Waals surface area contributed by atoms with Crippen LogP contribution in [0.25, 0.3) is 0 Å². The quantitative estimate of drug-likeness (QED) is 0.709. The molecule has 2 N–H and O–H groups in total. The van der Waals surface area contributed by atoms with E-state index < -0.39 is 17.6 Å². The lowest BCUT2D eigenvalue weighted by Crippen LogP contribution is -2.58. The number of Topliss-reactive ketones (excluding diaryl/α,β-unsaturated/α-hetero) is 1. The van der Waals surface area contributed by atoms with Gasteiger partial charge in [-0.15, -0.1) is 0 Å². The minimum Gasteiger partial charge on any atom is -0.392 e. The molecule has 0 rings (SSSR count). The van der Waals surface area contributed by atoms with Gasteiger partial charge in [-0.2, -0.15) is 0 Å². The van der Waals surface area contributed by atoms with Crippen molar-refractivity contribution in [3.05, 3.63) is 12.2 Å². The van der Waals surface area contributed by atoms with E-state index in [1.807, 2.05) is 66.5 Å². The standard InChI is InChI=1S/C18H35NO3/c1-13(11-9-10-12-20)15(21)14(16(22)17(2,3)4)19(8)18(5,6)7/h9-10,13-15,20-21H,11-12H2,1-8H3/b10-9+. The second kappa shape index (κ2) is 8.23. The van der Waals surface area contributed by atoms with Crippen LogP contribution >= 0.6 is 0 Å². The summed E-state index contributed by atoms with van der Waals surface area (Å²) < 4.78 is 0. The molecule has 0 fully saturated rings. The Bertz CT molecular complexity index is 377. The molecular weight excluding hydrogens is 278 g/mol. The molecule has 0 aliphatic rings. The highest BCUT2D eigenvalue weighted by Gasteiger charge is 2.41. The molecular formula is C18H35NO3. The SMILES string of the molecule is CC(C/C=C/CO)C(O)C(C(=O)C(C)(C)C)N(C)C(C)(C)C. The number of hydrogen-bond acceptors (Lipinski definition) is 4. The molecule has 0 spiro atoms. The van der Waals surface area contributed by atoms with Crippen molar-refractivity contribution in [2.24, 2.45) is 11.3 Å². The van der Waals surface area contributed by atoms with Crippen molar-refractivity contribution < 1.29 is 15.0 Å². The summed E-state index contributed by atoms with van der Waals surface area (Å²) in [6.45, 7) is 13.7. The van der Waals surface area contributed by atoms with Gasteiger partial charge in [0.05, 0.1) is 18.8 Å². The van der Waals surface area contributed by atoms with Crippen LogP contribution < -0.4 is 0 Å². The van der Waals surface area contributed by atoms with Gasteiger partial charge < -0.3 is 10.2 Å². The summed E-state index contributed by atoms with van der Waals surface area (Å²) in [7, 11) is 1.90. The average Bonchev–Trinajstić information content (AvgIpc) is 2.36. The van der Waals surface area contributed by atoms with Crippen molar-refractivity contribution in [3.8, 4) is 0 Å². The van der Waals surface area contributed by atoms with Crippen molar-refractivity contribution in [1.29, 1.82) is 0 Å². The Labute approximate surface area is 136 Å². The third kappa shape index (κ3) is 6.19. The number of hydrogen-bond donors (Lipinski definition) is 2. The fourth-order valence-electron chi connectivity index (χ4n) is 2.26. The molecule has 0 saturated heterocycles. The first-order valence-corrected chi connectivity index (χ1v) is 8.05. The molecule has 130 valence electrons. The lowest BCUT2D eigenvalue weighted by molar-refractivity contribution is -0.140. The number of aliphatic hydroxyl groups is 2. The van der Waals surface area contributed by atoms with Gasteiger partial charge in [0.25, 0.3) is 0 Å². The maximum Gasteiger partial charge on any atom is 0.157 e. The Balaban J connectivity index is 5.40. The van der Waals surface area contributed by atoms with Crippen LogP contribution in [0.3, 0.4) is 0 Å². The van der Waals surface area contributed by atoms with Gasteiger partial charge >= 0.3 is 0 Å². The number of rotatable bonds is 7. The summed E-state index contributed by atoms with van der Waals surface area (Å²) in [5, 5.41) is 19.6. The monoisotopic (exact) mass is 313 g/mol. The largest absolute Gasteiger partial charge is 0.392 e. The maximum absolute atomic E-state index is 12.9. The number of carbonyl (C=O) groups is 1. The summed E-state index contributed by atoms with van der Waals surface area (Å²) in [6.07, 6.45) is 3.40. The zero-order valence-corrected chi connectivity index (χ0v) is 15.6. The van der Waals surface area contributed by atoms with Crippen molar-refractivity contribution in [1.82, 2.24) is 4.90 Å². The number of aliphatic hydroxyl groups excluding tert-OH is 2. The number of ketones is 1. The third-order valence-corrected chi connectivity index (χ3v) is 4.17. The Morgan fingerprint density at radius 3 is 2.00 bits per heavy atom. The van der Waals surface area contributed by atoms with Gasteiger partial charge in [-0.3, -0.25) is 9.69 Å². The van der Waals surface area contributed by atoms with Crippen molar-refractivity contribution in [3.63, 3.8) is 0 Å². The smallest absolute Gasteiger partial charge is 0.157 e. The minimum absolute atomic E-state index is 0.00490. The van der Waals surface area contributed by atoms with Crippen LogP contribution in [-0.2, 0) is 4.79 Å².